The Hall–Kier alpha value is -6.78. The fraction of sp³-hybridized carbons (Fsp3) is 0.0213. The molecule has 0 aliphatic carbocycles. The number of nitrogens with one attached hydrogen (secondary N) is 1. The summed E-state index contributed by atoms with van der Waals surface area (Å²) in [5.74, 6) is 1.45. The van der Waals surface area contributed by atoms with E-state index in [1.807, 2.05) is 18.2 Å². The van der Waals surface area contributed by atoms with E-state index < -0.39 is 0 Å². The Labute approximate surface area is 295 Å². The number of hydrogen-bond acceptors (Lipinski definition) is 4. The van der Waals surface area contributed by atoms with Gasteiger partial charge in [-0.25, -0.2) is 9.98 Å². The SMILES string of the molecule is c1ccc(-c2ccc3ccc(C4=NC(c5cccc6oc7cc(-c8ccccc8)ccc7c56)=NC(c5ccc6ccccc6c5)N4)cc3c2)cc1. The molecule has 1 aliphatic rings. The van der Waals surface area contributed by atoms with Gasteiger partial charge in [0.25, 0.3) is 0 Å². The van der Waals surface area contributed by atoms with Crippen molar-refractivity contribution in [1.82, 2.24) is 5.32 Å². The van der Waals surface area contributed by atoms with E-state index in [2.05, 4.69) is 163 Å². The highest BCUT2D eigenvalue weighted by molar-refractivity contribution is 6.22. The minimum atomic E-state index is -0.346. The number of aliphatic imine (C=N–C) groups is 2. The van der Waals surface area contributed by atoms with Gasteiger partial charge in [-0.05, 0) is 85.8 Å². The van der Waals surface area contributed by atoms with E-state index in [1.54, 1.807) is 0 Å². The fourth-order valence-corrected chi connectivity index (χ4v) is 7.29. The lowest BCUT2D eigenvalue weighted by molar-refractivity contribution is 0.668. The van der Waals surface area contributed by atoms with Crippen LogP contribution < -0.4 is 5.32 Å². The Morgan fingerprint density at radius 2 is 1.10 bits per heavy atom. The summed E-state index contributed by atoms with van der Waals surface area (Å²) in [4.78, 5) is 10.6. The van der Waals surface area contributed by atoms with Crippen molar-refractivity contribution in [3.05, 3.63) is 193 Å². The number of hydrogen-bond donors (Lipinski definition) is 1. The summed E-state index contributed by atoms with van der Waals surface area (Å²) in [6, 6.07) is 61.7. The molecule has 0 bridgehead atoms. The zero-order valence-corrected chi connectivity index (χ0v) is 27.6. The van der Waals surface area contributed by atoms with Crippen LogP contribution in [-0.4, -0.2) is 11.7 Å². The highest BCUT2D eigenvalue weighted by Gasteiger charge is 2.24. The third kappa shape index (κ3) is 5.25. The van der Waals surface area contributed by atoms with E-state index >= 15 is 0 Å². The van der Waals surface area contributed by atoms with Gasteiger partial charge in [0.2, 0.25) is 0 Å². The van der Waals surface area contributed by atoms with Gasteiger partial charge in [0.1, 0.15) is 23.2 Å². The Morgan fingerprint density at radius 1 is 0.451 bits per heavy atom. The third-order valence-corrected chi connectivity index (χ3v) is 9.90. The molecule has 10 rings (SSSR count). The Balaban J connectivity index is 1.13. The van der Waals surface area contributed by atoms with Crippen LogP contribution in [0.5, 0.6) is 0 Å². The van der Waals surface area contributed by atoms with Crippen LogP contribution in [0, 0.1) is 0 Å². The molecule has 0 spiro atoms. The molecular formula is C47H31N3O. The molecule has 1 unspecified atom stereocenters. The lowest BCUT2D eigenvalue weighted by atomic mass is 9.99. The summed E-state index contributed by atoms with van der Waals surface area (Å²) >= 11 is 0. The number of benzene rings is 8. The minimum absolute atomic E-state index is 0.346. The maximum absolute atomic E-state index is 6.49. The standard InChI is InChI=1S/C47H31N3O/c1-3-10-30(11-4-1)35-21-18-33-20-23-38(28-39(33)27-35)46-48-45(37-22-19-32-14-7-8-15-34(32)26-37)49-47(50-46)41-16-9-17-42-44(41)40-25-24-36(29-43(40)51-42)31-12-5-2-6-13-31/h1-29,45H,(H,48,49,50). The minimum Gasteiger partial charge on any atom is -0.456 e. The van der Waals surface area contributed by atoms with E-state index in [4.69, 9.17) is 14.4 Å². The second-order valence-electron chi connectivity index (χ2n) is 13.1. The lowest BCUT2D eigenvalue weighted by Crippen LogP contribution is -2.33. The lowest BCUT2D eigenvalue weighted by Gasteiger charge is -2.24. The summed E-state index contributed by atoms with van der Waals surface area (Å²) in [5.41, 5.74) is 9.32. The first kappa shape index (κ1) is 29.2. The first-order valence-corrected chi connectivity index (χ1v) is 17.3. The smallest absolute Gasteiger partial charge is 0.160 e. The zero-order chi connectivity index (χ0) is 33.7. The van der Waals surface area contributed by atoms with Gasteiger partial charge in [-0.1, -0.05) is 140 Å². The van der Waals surface area contributed by atoms with Gasteiger partial charge in [-0.2, -0.15) is 0 Å². The van der Waals surface area contributed by atoms with Gasteiger partial charge in [0.15, 0.2) is 5.84 Å². The first-order valence-electron chi connectivity index (χ1n) is 17.3. The molecule has 51 heavy (non-hydrogen) atoms. The average molecular weight is 654 g/mol. The van der Waals surface area contributed by atoms with Gasteiger partial charge >= 0.3 is 0 Å². The average Bonchev–Trinajstić information content (AvgIpc) is 3.59. The number of furan rings is 1. The van der Waals surface area contributed by atoms with E-state index in [9.17, 15) is 0 Å². The molecule has 2 heterocycles. The van der Waals surface area contributed by atoms with Crippen LogP contribution in [0.2, 0.25) is 0 Å². The summed E-state index contributed by atoms with van der Waals surface area (Å²) in [7, 11) is 0. The van der Waals surface area contributed by atoms with Crippen molar-refractivity contribution in [3.8, 4) is 22.3 Å². The van der Waals surface area contributed by atoms with Crippen molar-refractivity contribution in [2.75, 3.05) is 0 Å². The number of rotatable bonds is 5. The monoisotopic (exact) mass is 653 g/mol. The molecule has 4 nitrogen and oxygen atoms in total. The maximum Gasteiger partial charge on any atom is 0.160 e. The van der Waals surface area contributed by atoms with Gasteiger partial charge in [0.05, 0.1) is 0 Å². The molecule has 1 N–H and O–H groups in total. The quantitative estimate of drug-likeness (QED) is 0.201. The van der Waals surface area contributed by atoms with Gasteiger partial charge in [-0.15, -0.1) is 0 Å². The molecule has 240 valence electrons. The number of nitrogens with zero attached hydrogens (tertiary/aromatic N) is 2. The van der Waals surface area contributed by atoms with Crippen molar-refractivity contribution >= 4 is 55.2 Å². The molecule has 0 radical (unpaired) electrons. The van der Waals surface area contributed by atoms with Crippen LogP contribution >= 0.6 is 0 Å². The van der Waals surface area contributed by atoms with Crippen LogP contribution in [0.4, 0.5) is 0 Å². The topological polar surface area (TPSA) is 49.9 Å². The molecule has 4 heteroatoms. The first-order chi connectivity index (χ1) is 25.2. The van der Waals surface area contributed by atoms with Crippen molar-refractivity contribution in [3.63, 3.8) is 0 Å². The van der Waals surface area contributed by atoms with Gasteiger partial charge < -0.3 is 9.73 Å². The third-order valence-electron chi connectivity index (χ3n) is 9.90. The molecule has 1 atom stereocenters. The largest absolute Gasteiger partial charge is 0.456 e. The van der Waals surface area contributed by atoms with Crippen LogP contribution in [0.15, 0.2) is 190 Å². The van der Waals surface area contributed by atoms with E-state index in [-0.39, 0.29) is 6.17 Å². The van der Waals surface area contributed by atoms with E-state index in [0.29, 0.717) is 5.84 Å². The van der Waals surface area contributed by atoms with E-state index in [1.165, 1.54) is 27.3 Å². The van der Waals surface area contributed by atoms with Crippen LogP contribution in [0.3, 0.4) is 0 Å². The summed E-state index contributed by atoms with van der Waals surface area (Å²) in [6.45, 7) is 0. The second kappa shape index (κ2) is 12.0. The van der Waals surface area contributed by atoms with Crippen molar-refractivity contribution in [2.24, 2.45) is 9.98 Å². The molecule has 1 aliphatic heterocycles. The summed E-state index contributed by atoms with van der Waals surface area (Å²) in [6.07, 6.45) is -0.346. The van der Waals surface area contributed by atoms with Crippen molar-refractivity contribution in [2.45, 2.75) is 6.17 Å². The Morgan fingerprint density at radius 3 is 1.90 bits per heavy atom. The molecule has 9 aromatic rings. The van der Waals surface area contributed by atoms with Crippen LogP contribution in [0.25, 0.3) is 65.7 Å². The van der Waals surface area contributed by atoms with Crippen LogP contribution in [0.1, 0.15) is 22.9 Å². The van der Waals surface area contributed by atoms with Crippen molar-refractivity contribution < 1.29 is 4.42 Å². The maximum atomic E-state index is 6.49. The van der Waals surface area contributed by atoms with Gasteiger partial charge in [0, 0.05) is 21.9 Å². The fourth-order valence-electron chi connectivity index (χ4n) is 7.29. The molecule has 0 saturated heterocycles. The highest BCUT2D eigenvalue weighted by atomic mass is 16.3. The molecule has 8 aromatic carbocycles. The molecule has 1 aromatic heterocycles. The molecular weight excluding hydrogens is 623 g/mol. The number of fused-ring (bicyclic) bond motifs is 5. The number of amidine groups is 2. The molecule has 0 amide bonds. The Bertz CT molecular complexity index is 2830. The zero-order valence-electron chi connectivity index (χ0n) is 27.6. The highest BCUT2D eigenvalue weighted by Crippen LogP contribution is 2.36. The molecule has 0 fully saturated rings. The van der Waals surface area contributed by atoms with Crippen LogP contribution in [-0.2, 0) is 0 Å². The second-order valence-corrected chi connectivity index (χ2v) is 13.1. The Kier molecular flexibility index (Phi) is 6.85. The van der Waals surface area contributed by atoms with Gasteiger partial charge in [-0.3, -0.25) is 0 Å². The summed E-state index contributed by atoms with van der Waals surface area (Å²) < 4.78 is 6.49. The van der Waals surface area contributed by atoms with Crippen molar-refractivity contribution in [1.29, 1.82) is 0 Å². The predicted molar refractivity (Wildman–Crippen MR) is 211 cm³/mol. The van der Waals surface area contributed by atoms with E-state index in [0.717, 1.165) is 61.0 Å². The summed E-state index contributed by atoms with van der Waals surface area (Å²) in [5, 5.41) is 10.5. The molecule has 0 saturated carbocycles. The predicted octanol–water partition coefficient (Wildman–Crippen LogP) is 11.7. The normalized spacial score (nSPS) is 14.5.